The van der Waals surface area contributed by atoms with E-state index in [0.717, 1.165) is 11.3 Å². The lowest BCUT2D eigenvalue weighted by Crippen LogP contribution is -2.36. The van der Waals surface area contributed by atoms with Crippen LogP contribution in [0.2, 0.25) is 0 Å². The molecule has 19 heavy (non-hydrogen) atoms. The molecule has 0 radical (unpaired) electrons. The maximum atomic E-state index is 12.2. The highest BCUT2D eigenvalue weighted by Crippen LogP contribution is 2.27. The molecule has 0 saturated carbocycles. The second-order valence-electron chi connectivity index (χ2n) is 5.03. The van der Waals surface area contributed by atoms with Crippen LogP contribution in [0.1, 0.15) is 29.1 Å². The zero-order valence-corrected chi connectivity index (χ0v) is 12.6. The number of rotatable bonds is 6. The summed E-state index contributed by atoms with van der Waals surface area (Å²) in [5, 5.41) is 19.6. The van der Waals surface area contributed by atoms with Crippen molar-refractivity contribution in [2.75, 3.05) is 13.2 Å². The molecule has 1 rings (SSSR count). The highest BCUT2D eigenvalue weighted by atomic mass is 32.2. The van der Waals surface area contributed by atoms with E-state index in [1.54, 1.807) is 20.8 Å². The van der Waals surface area contributed by atoms with Gasteiger partial charge in [-0.2, -0.15) is 0 Å². The Labute approximate surface area is 116 Å². The Morgan fingerprint density at radius 2 is 2.05 bits per heavy atom. The van der Waals surface area contributed by atoms with Crippen LogP contribution in [0.5, 0.6) is 0 Å². The first-order valence-corrected chi connectivity index (χ1v) is 7.89. The molecule has 0 bridgehead atoms. The first-order chi connectivity index (χ1) is 8.60. The standard InChI is InChI=1S/C11H17NO5S2/c1-7-4-18-8(10(14)15)9(7)19(16,17)12-5-11(2,3)6-13/h4,12-13H,5-6H2,1-3H3,(H,14,15). The van der Waals surface area contributed by atoms with Crippen LogP contribution < -0.4 is 4.72 Å². The lowest BCUT2D eigenvalue weighted by molar-refractivity contribution is 0.0698. The van der Waals surface area contributed by atoms with Crippen LogP contribution in [0.4, 0.5) is 0 Å². The number of aromatic carboxylic acids is 1. The van der Waals surface area contributed by atoms with Crippen LogP contribution in [-0.2, 0) is 10.0 Å². The summed E-state index contributed by atoms with van der Waals surface area (Å²) in [4.78, 5) is 10.6. The molecule has 0 spiro atoms. The van der Waals surface area contributed by atoms with Crippen molar-refractivity contribution in [3.8, 4) is 0 Å². The molecule has 0 aliphatic rings. The molecule has 0 unspecified atom stereocenters. The first-order valence-electron chi connectivity index (χ1n) is 5.52. The SMILES string of the molecule is Cc1csc(C(=O)O)c1S(=O)(=O)NCC(C)(C)CO. The maximum Gasteiger partial charge on any atom is 0.347 e. The summed E-state index contributed by atoms with van der Waals surface area (Å²) in [6.07, 6.45) is 0. The summed E-state index contributed by atoms with van der Waals surface area (Å²) in [6.45, 7) is 4.81. The number of carbonyl (C=O) groups is 1. The third kappa shape index (κ3) is 3.75. The van der Waals surface area contributed by atoms with Crippen molar-refractivity contribution in [3.05, 3.63) is 15.8 Å². The molecule has 0 aliphatic carbocycles. The van der Waals surface area contributed by atoms with Crippen LogP contribution in [0.3, 0.4) is 0 Å². The van der Waals surface area contributed by atoms with E-state index in [0.29, 0.717) is 5.56 Å². The predicted octanol–water partition coefficient (Wildman–Crippen LogP) is 1.05. The molecule has 8 heteroatoms. The van der Waals surface area contributed by atoms with Gasteiger partial charge in [0.2, 0.25) is 10.0 Å². The van der Waals surface area contributed by atoms with Gasteiger partial charge in [-0.05, 0) is 17.9 Å². The fourth-order valence-electron chi connectivity index (χ4n) is 1.33. The van der Waals surface area contributed by atoms with Crippen LogP contribution in [-0.4, -0.2) is 37.8 Å². The van der Waals surface area contributed by atoms with E-state index in [9.17, 15) is 13.2 Å². The summed E-state index contributed by atoms with van der Waals surface area (Å²) < 4.78 is 26.6. The molecule has 1 aromatic heterocycles. The summed E-state index contributed by atoms with van der Waals surface area (Å²) in [6, 6.07) is 0. The fourth-order valence-corrected chi connectivity index (χ4v) is 4.20. The molecular weight excluding hydrogens is 290 g/mol. The van der Waals surface area contributed by atoms with Gasteiger partial charge in [0.05, 0.1) is 0 Å². The number of sulfonamides is 1. The van der Waals surface area contributed by atoms with Crippen molar-refractivity contribution in [2.24, 2.45) is 5.41 Å². The Bertz CT molecular complexity index is 574. The molecule has 3 N–H and O–H groups in total. The average molecular weight is 307 g/mol. The van der Waals surface area contributed by atoms with Gasteiger partial charge in [0.25, 0.3) is 0 Å². The molecule has 6 nitrogen and oxygen atoms in total. The zero-order valence-electron chi connectivity index (χ0n) is 10.9. The fraction of sp³-hybridized carbons (Fsp3) is 0.545. The first kappa shape index (κ1) is 16.1. The van der Waals surface area contributed by atoms with Crippen molar-refractivity contribution < 1.29 is 23.4 Å². The van der Waals surface area contributed by atoms with Crippen LogP contribution in [0.25, 0.3) is 0 Å². The summed E-state index contributed by atoms with van der Waals surface area (Å²) >= 11 is 0.882. The van der Waals surface area contributed by atoms with Crippen LogP contribution >= 0.6 is 11.3 Å². The van der Waals surface area contributed by atoms with Gasteiger partial charge < -0.3 is 10.2 Å². The Hall–Kier alpha value is -0.960. The minimum Gasteiger partial charge on any atom is -0.477 e. The second-order valence-corrected chi connectivity index (χ2v) is 7.61. The number of carboxylic acid groups (broad SMARTS) is 1. The molecule has 0 fully saturated rings. The van der Waals surface area contributed by atoms with E-state index in [1.807, 2.05) is 0 Å². The van der Waals surface area contributed by atoms with Gasteiger partial charge >= 0.3 is 5.97 Å². The van der Waals surface area contributed by atoms with Crippen molar-refractivity contribution in [1.82, 2.24) is 4.72 Å². The summed E-state index contributed by atoms with van der Waals surface area (Å²) in [5.41, 5.74) is -0.211. The smallest absolute Gasteiger partial charge is 0.347 e. The molecule has 0 aliphatic heterocycles. The van der Waals surface area contributed by atoms with Crippen molar-refractivity contribution >= 4 is 27.3 Å². The van der Waals surface area contributed by atoms with Crippen molar-refractivity contribution in [2.45, 2.75) is 25.7 Å². The number of aliphatic hydroxyl groups excluding tert-OH is 1. The number of nitrogens with one attached hydrogen (secondary N) is 1. The Morgan fingerprint density at radius 3 is 2.53 bits per heavy atom. The van der Waals surface area contributed by atoms with Gasteiger partial charge in [0, 0.05) is 18.6 Å². The molecule has 0 amide bonds. The number of aryl methyl sites for hydroxylation is 1. The Morgan fingerprint density at radius 1 is 1.47 bits per heavy atom. The van der Waals surface area contributed by atoms with Gasteiger partial charge in [-0.25, -0.2) is 17.9 Å². The van der Waals surface area contributed by atoms with E-state index in [1.165, 1.54) is 5.38 Å². The van der Waals surface area contributed by atoms with Gasteiger partial charge in [-0.3, -0.25) is 0 Å². The van der Waals surface area contributed by atoms with E-state index >= 15 is 0 Å². The van der Waals surface area contributed by atoms with E-state index in [-0.39, 0.29) is 22.9 Å². The highest BCUT2D eigenvalue weighted by Gasteiger charge is 2.28. The number of hydrogen-bond donors (Lipinski definition) is 3. The lowest BCUT2D eigenvalue weighted by atomic mass is 9.96. The highest BCUT2D eigenvalue weighted by molar-refractivity contribution is 7.89. The summed E-state index contributed by atoms with van der Waals surface area (Å²) in [7, 11) is -3.90. The zero-order chi connectivity index (χ0) is 14.8. The molecule has 1 heterocycles. The molecular formula is C11H17NO5S2. The largest absolute Gasteiger partial charge is 0.477 e. The van der Waals surface area contributed by atoms with Crippen LogP contribution in [0, 0.1) is 12.3 Å². The second kappa shape index (κ2) is 5.58. The van der Waals surface area contributed by atoms with E-state index in [2.05, 4.69) is 4.72 Å². The summed E-state index contributed by atoms with van der Waals surface area (Å²) in [5.74, 6) is -1.26. The van der Waals surface area contributed by atoms with Gasteiger partial charge in [-0.1, -0.05) is 13.8 Å². The molecule has 0 aromatic carbocycles. The van der Waals surface area contributed by atoms with Crippen LogP contribution in [0.15, 0.2) is 10.3 Å². The lowest BCUT2D eigenvalue weighted by Gasteiger charge is -2.21. The van der Waals surface area contributed by atoms with Crippen molar-refractivity contribution in [1.29, 1.82) is 0 Å². The monoisotopic (exact) mass is 307 g/mol. The van der Waals surface area contributed by atoms with Gasteiger partial charge in [0.15, 0.2) is 0 Å². The van der Waals surface area contributed by atoms with Gasteiger partial charge in [0.1, 0.15) is 9.77 Å². The molecule has 0 saturated heterocycles. The predicted molar refractivity (Wildman–Crippen MR) is 72.1 cm³/mol. The average Bonchev–Trinajstić information content (AvgIpc) is 2.70. The third-order valence-corrected chi connectivity index (χ3v) is 5.35. The normalized spacial score (nSPS) is 12.6. The molecule has 1 aromatic rings. The van der Waals surface area contributed by atoms with E-state index in [4.69, 9.17) is 10.2 Å². The Kier molecular flexibility index (Phi) is 4.72. The topological polar surface area (TPSA) is 104 Å². The quantitative estimate of drug-likeness (QED) is 0.729. The molecule has 0 atom stereocenters. The Balaban J connectivity index is 3.08. The van der Waals surface area contributed by atoms with Crippen molar-refractivity contribution in [3.63, 3.8) is 0 Å². The minimum absolute atomic E-state index is 0.0280. The molecule has 108 valence electrons. The maximum absolute atomic E-state index is 12.2. The van der Waals surface area contributed by atoms with E-state index < -0.39 is 21.4 Å². The number of hydrogen-bond acceptors (Lipinski definition) is 5. The number of aliphatic hydroxyl groups is 1. The number of thiophene rings is 1. The minimum atomic E-state index is -3.90. The number of carboxylic acids is 1. The third-order valence-electron chi connectivity index (χ3n) is 2.55. The van der Waals surface area contributed by atoms with Gasteiger partial charge in [-0.15, -0.1) is 11.3 Å².